The summed E-state index contributed by atoms with van der Waals surface area (Å²) in [6.45, 7) is 5.48. The molecule has 0 aliphatic rings. The van der Waals surface area contributed by atoms with Gasteiger partial charge in [0, 0.05) is 57.4 Å². The van der Waals surface area contributed by atoms with Gasteiger partial charge in [0.1, 0.15) is 6.61 Å². The van der Waals surface area contributed by atoms with Crippen molar-refractivity contribution in [2.24, 2.45) is 7.05 Å². The monoisotopic (exact) mass is 470 g/mol. The maximum absolute atomic E-state index is 12.0. The third kappa shape index (κ3) is 5.50. The summed E-state index contributed by atoms with van der Waals surface area (Å²) in [7, 11) is 5.91. The van der Waals surface area contributed by atoms with E-state index in [-0.39, 0.29) is 5.91 Å². The lowest BCUT2D eigenvalue weighted by Crippen LogP contribution is -2.28. The van der Waals surface area contributed by atoms with E-state index >= 15 is 0 Å². The van der Waals surface area contributed by atoms with Crippen LogP contribution in [0.1, 0.15) is 5.56 Å². The number of aryl methyl sites for hydroxylation is 1. The van der Waals surface area contributed by atoms with Gasteiger partial charge in [-0.1, -0.05) is 12.6 Å². The van der Waals surface area contributed by atoms with Crippen molar-refractivity contribution in [1.29, 1.82) is 0 Å². The summed E-state index contributed by atoms with van der Waals surface area (Å²) < 4.78 is 8.09. The number of nitrogens with zero attached hydrogens (tertiary/aromatic N) is 4. The highest BCUT2D eigenvalue weighted by atomic mass is 16.5. The van der Waals surface area contributed by atoms with Gasteiger partial charge in [0.15, 0.2) is 0 Å². The zero-order valence-corrected chi connectivity index (χ0v) is 20.3. The van der Waals surface area contributed by atoms with Gasteiger partial charge < -0.3 is 24.8 Å². The molecule has 4 rings (SSSR count). The summed E-state index contributed by atoms with van der Waals surface area (Å²) in [6, 6.07) is 13.8. The number of carbonyl (C=O) groups excluding carboxylic acids is 1. The maximum atomic E-state index is 12.0. The summed E-state index contributed by atoms with van der Waals surface area (Å²) in [6.07, 6.45) is 6.86. The lowest BCUT2D eigenvalue weighted by atomic mass is 10.1. The van der Waals surface area contributed by atoms with Crippen LogP contribution in [0.2, 0.25) is 0 Å². The first-order valence-electron chi connectivity index (χ1n) is 11.4. The van der Waals surface area contributed by atoms with E-state index in [2.05, 4.69) is 42.8 Å². The molecule has 0 radical (unpaired) electrons. The molecule has 0 spiro atoms. The molecule has 0 bridgehead atoms. The highest BCUT2D eigenvalue weighted by molar-refractivity contribution is 6.01. The second-order valence-electron chi connectivity index (χ2n) is 8.27. The number of nitrogens with one attached hydrogen (secondary N) is 2. The second-order valence-corrected chi connectivity index (χ2v) is 8.27. The average Bonchev–Trinajstić information content (AvgIpc) is 3.23. The van der Waals surface area contributed by atoms with Crippen LogP contribution in [0.15, 0.2) is 73.7 Å². The van der Waals surface area contributed by atoms with Crippen LogP contribution in [0.3, 0.4) is 0 Å². The predicted molar refractivity (Wildman–Crippen MR) is 141 cm³/mol. The van der Waals surface area contributed by atoms with Gasteiger partial charge in [-0.3, -0.25) is 9.78 Å². The lowest BCUT2D eigenvalue weighted by molar-refractivity contribution is -0.111. The molecule has 0 atom stereocenters. The molecule has 2 N–H and O–H groups in total. The minimum Gasteiger partial charge on any atom is -0.473 e. The van der Waals surface area contributed by atoms with Crippen molar-refractivity contribution in [3.05, 3.63) is 79.3 Å². The van der Waals surface area contributed by atoms with Gasteiger partial charge in [0.2, 0.25) is 11.8 Å². The Labute approximate surface area is 205 Å². The van der Waals surface area contributed by atoms with Gasteiger partial charge in [-0.2, -0.15) is 0 Å². The number of carbonyl (C=O) groups is 1. The van der Waals surface area contributed by atoms with Crippen molar-refractivity contribution in [2.75, 3.05) is 37.4 Å². The summed E-state index contributed by atoms with van der Waals surface area (Å²) in [4.78, 5) is 23.0. The number of likely N-dealkylation sites (N-methyl/N-ethyl adjacent to an activating group) is 2. The smallest absolute Gasteiger partial charge is 0.247 e. The molecule has 3 heterocycles. The normalized spacial score (nSPS) is 10.8. The summed E-state index contributed by atoms with van der Waals surface area (Å²) in [5.41, 5.74) is 6.55. The van der Waals surface area contributed by atoms with Crippen molar-refractivity contribution in [3.8, 4) is 17.0 Å². The minimum atomic E-state index is -0.260. The quantitative estimate of drug-likeness (QED) is 0.341. The fourth-order valence-corrected chi connectivity index (χ4v) is 3.93. The minimum absolute atomic E-state index is 0.260. The number of fused-ring (bicyclic) bond motifs is 1. The highest BCUT2D eigenvalue weighted by Crippen LogP contribution is 2.31. The van der Waals surface area contributed by atoms with E-state index in [1.54, 1.807) is 12.4 Å². The zero-order chi connectivity index (χ0) is 24.8. The number of rotatable bonds is 10. The Kier molecular flexibility index (Phi) is 7.42. The Morgan fingerprint density at radius 3 is 2.86 bits per heavy atom. The number of hydrogen-bond donors (Lipinski definition) is 2. The number of amides is 1. The van der Waals surface area contributed by atoms with Crippen molar-refractivity contribution in [1.82, 2.24) is 19.9 Å². The molecule has 0 aliphatic carbocycles. The topological polar surface area (TPSA) is 84.3 Å². The highest BCUT2D eigenvalue weighted by Gasteiger charge is 2.13. The molecule has 0 saturated heterocycles. The van der Waals surface area contributed by atoms with Gasteiger partial charge in [0.05, 0.1) is 22.4 Å². The molecule has 0 saturated carbocycles. The Hall–Kier alpha value is -4.17. The van der Waals surface area contributed by atoms with Crippen LogP contribution in [-0.2, 0) is 18.4 Å². The first kappa shape index (κ1) is 24.0. The average molecular weight is 471 g/mol. The van der Waals surface area contributed by atoms with E-state index in [9.17, 15) is 4.79 Å². The molecule has 8 heteroatoms. The van der Waals surface area contributed by atoms with Gasteiger partial charge in [-0.25, -0.2) is 4.98 Å². The largest absolute Gasteiger partial charge is 0.473 e. The van der Waals surface area contributed by atoms with Crippen molar-refractivity contribution < 1.29 is 9.53 Å². The SMILES string of the molecule is C=CC(=O)Nc1cc(COc2cc(-c3cn(C)c4cccnc34)ccn2)ccc1N(C)CCNC. The summed E-state index contributed by atoms with van der Waals surface area (Å²) in [5.74, 6) is 0.256. The molecule has 0 unspecified atom stereocenters. The first-order valence-corrected chi connectivity index (χ1v) is 11.4. The Morgan fingerprint density at radius 1 is 1.20 bits per heavy atom. The fourth-order valence-electron chi connectivity index (χ4n) is 3.93. The molecule has 8 nitrogen and oxygen atoms in total. The van der Waals surface area contributed by atoms with Crippen LogP contribution >= 0.6 is 0 Å². The predicted octanol–water partition coefficient (Wildman–Crippen LogP) is 3.99. The number of hydrogen-bond acceptors (Lipinski definition) is 6. The fraction of sp³-hybridized carbons (Fsp3) is 0.222. The van der Waals surface area contributed by atoms with Crippen LogP contribution in [0.5, 0.6) is 5.88 Å². The molecule has 1 aromatic carbocycles. The van der Waals surface area contributed by atoms with Crippen LogP contribution < -0.4 is 20.3 Å². The number of ether oxygens (including phenoxy) is 1. The van der Waals surface area contributed by atoms with Crippen molar-refractivity contribution >= 4 is 28.3 Å². The summed E-state index contributed by atoms with van der Waals surface area (Å²) in [5, 5.41) is 6.05. The third-order valence-corrected chi connectivity index (χ3v) is 5.79. The molecule has 3 aromatic heterocycles. The molecular weight excluding hydrogens is 440 g/mol. The lowest BCUT2D eigenvalue weighted by Gasteiger charge is -2.23. The maximum Gasteiger partial charge on any atom is 0.247 e. The molecule has 4 aromatic rings. The van der Waals surface area contributed by atoms with E-state index in [1.807, 2.05) is 63.6 Å². The van der Waals surface area contributed by atoms with Gasteiger partial charge in [-0.15, -0.1) is 0 Å². The second kappa shape index (κ2) is 10.8. The number of aromatic nitrogens is 3. The molecule has 35 heavy (non-hydrogen) atoms. The molecule has 1 amide bonds. The standard InChI is InChI=1S/C27H30N6O2/c1-5-25(34)31-22-15-19(8-9-23(22)32(3)14-13-28-2)18-35-26-16-20(10-12-29-26)21-17-33(4)24-7-6-11-30-27(21)24/h5-12,15-17,28H,1,13-14,18H2,2-4H3,(H,31,34). The van der Waals surface area contributed by atoms with E-state index in [0.29, 0.717) is 18.2 Å². The van der Waals surface area contributed by atoms with E-state index in [0.717, 1.165) is 46.5 Å². The van der Waals surface area contributed by atoms with Crippen molar-refractivity contribution in [2.45, 2.75) is 6.61 Å². The summed E-state index contributed by atoms with van der Waals surface area (Å²) >= 11 is 0. The van der Waals surface area contributed by atoms with E-state index < -0.39 is 0 Å². The van der Waals surface area contributed by atoms with E-state index in [1.165, 1.54) is 6.08 Å². The van der Waals surface area contributed by atoms with Crippen LogP contribution in [0.25, 0.3) is 22.2 Å². The Morgan fingerprint density at radius 2 is 2.06 bits per heavy atom. The van der Waals surface area contributed by atoms with Crippen LogP contribution in [0.4, 0.5) is 11.4 Å². The number of anilines is 2. The Bertz CT molecular complexity index is 1350. The van der Waals surface area contributed by atoms with Gasteiger partial charge >= 0.3 is 0 Å². The van der Waals surface area contributed by atoms with Gasteiger partial charge in [-0.05, 0) is 54.6 Å². The Balaban J connectivity index is 1.54. The number of benzene rings is 1. The molecule has 180 valence electrons. The molecular formula is C27H30N6O2. The third-order valence-electron chi connectivity index (χ3n) is 5.79. The van der Waals surface area contributed by atoms with Crippen LogP contribution in [0, 0.1) is 0 Å². The zero-order valence-electron chi connectivity index (χ0n) is 20.3. The van der Waals surface area contributed by atoms with Crippen LogP contribution in [-0.4, -0.2) is 47.6 Å². The first-order chi connectivity index (χ1) is 17.0. The molecule has 0 aliphatic heterocycles. The van der Waals surface area contributed by atoms with E-state index in [4.69, 9.17) is 4.74 Å². The molecule has 0 fully saturated rings. The van der Waals surface area contributed by atoms with Crippen molar-refractivity contribution in [3.63, 3.8) is 0 Å². The van der Waals surface area contributed by atoms with Gasteiger partial charge in [0.25, 0.3) is 0 Å². The number of pyridine rings is 2.